The van der Waals surface area contributed by atoms with Gasteiger partial charge in [-0.25, -0.2) is 9.59 Å². The zero-order valence-electron chi connectivity index (χ0n) is 20.5. The van der Waals surface area contributed by atoms with Gasteiger partial charge in [0, 0.05) is 31.9 Å². The molecule has 0 unspecified atom stereocenters. The molecule has 0 atom stereocenters. The Bertz CT molecular complexity index is 970. The average Bonchev–Trinajstić information content (AvgIpc) is 2.82. The number of rotatable bonds is 7. The van der Waals surface area contributed by atoms with Crippen molar-refractivity contribution in [2.24, 2.45) is 0 Å². The van der Waals surface area contributed by atoms with Crippen molar-refractivity contribution in [2.45, 2.75) is 33.3 Å². The van der Waals surface area contributed by atoms with Crippen LogP contribution in [0.5, 0.6) is 5.75 Å². The van der Waals surface area contributed by atoms with Crippen LogP contribution in [0.2, 0.25) is 0 Å². The van der Waals surface area contributed by atoms with E-state index >= 15 is 0 Å². The normalized spacial score (nSPS) is 14.2. The van der Waals surface area contributed by atoms with Crippen molar-refractivity contribution in [1.82, 2.24) is 4.90 Å². The van der Waals surface area contributed by atoms with E-state index in [-0.39, 0.29) is 18.7 Å². The summed E-state index contributed by atoms with van der Waals surface area (Å²) in [5, 5.41) is 0. The van der Waals surface area contributed by atoms with Gasteiger partial charge in [0.25, 0.3) is 0 Å². The fourth-order valence-corrected chi connectivity index (χ4v) is 3.48. The average molecular weight is 467 g/mol. The summed E-state index contributed by atoms with van der Waals surface area (Å²) in [6, 6.07) is 15.9. The summed E-state index contributed by atoms with van der Waals surface area (Å²) in [5.74, 6) is 0.251. The first-order valence-corrected chi connectivity index (χ1v) is 11.6. The van der Waals surface area contributed by atoms with Crippen molar-refractivity contribution in [3.63, 3.8) is 0 Å². The Morgan fingerprint density at radius 1 is 0.882 bits per heavy atom. The molecule has 0 N–H and O–H groups in total. The highest BCUT2D eigenvalue weighted by molar-refractivity contribution is 5.72. The van der Waals surface area contributed by atoms with Gasteiger partial charge in [0.1, 0.15) is 11.4 Å². The van der Waals surface area contributed by atoms with Crippen LogP contribution in [0.15, 0.2) is 48.5 Å². The molecule has 7 heteroatoms. The summed E-state index contributed by atoms with van der Waals surface area (Å²) in [4.78, 5) is 27.7. The lowest BCUT2D eigenvalue weighted by atomic mass is 10.1. The maximum Gasteiger partial charge on any atom is 0.410 e. The maximum atomic E-state index is 12.2. The van der Waals surface area contributed by atoms with Gasteiger partial charge in [-0.2, -0.15) is 0 Å². The number of anilines is 1. The van der Waals surface area contributed by atoms with Crippen molar-refractivity contribution in [3.8, 4) is 5.75 Å². The lowest BCUT2D eigenvalue weighted by Gasteiger charge is -2.36. The van der Waals surface area contributed by atoms with Gasteiger partial charge in [-0.15, -0.1) is 0 Å². The Morgan fingerprint density at radius 2 is 1.44 bits per heavy atom. The minimum Gasteiger partial charge on any atom is -0.482 e. The summed E-state index contributed by atoms with van der Waals surface area (Å²) in [7, 11) is 0. The summed E-state index contributed by atoms with van der Waals surface area (Å²) < 4.78 is 15.7. The molecule has 1 aliphatic rings. The molecule has 1 heterocycles. The number of ether oxygens (including phenoxy) is 3. The van der Waals surface area contributed by atoms with Crippen LogP contribution in [0.4, 0.5) is 10.5 Å². The van der Waals surface area contributed by atoms with E-state index in [0.29, 0.717) is 25.4 Å². The van der Waals surface area contributed by atoms with Crippen LogP contribution >= 0.6 is 0 Å². The molecule has 182 valence electrons. The SMILES string of the molecule is CCOC(=O)COc1ccc(/C=C/c2ccc(N3CCN(C(=O)OC(C)(C)C)CC3)cc2)cc1. The zero-order chi connectivity index (χ0) is 24.6. The van der Waals surface area contributed by atoms with Gasteiger partial charge < -0.3 is 24.0 Å². The minimum absolute atomic E-state index is 0.0918. The van der Waals surface area contributed by atoms with Gasteiger partial charge >= 0.3 is 12.1 Å². The fraction of sp³-hybridized carbons (Fsp3) is 0.407. The third kappa shape index (κ3) is 7.83. The van der Waals surface area contributed by atoms with Gasteiger partial charge in [0.15, 0.2) is 6.61 Å². The van der Waals surface area contributed by atoms with E-state index in [0.717, 1.165) is 29.9 Å². The van der Waals surface area contributed by atoms with Crippen molar-refractivity contribution < 1.29 is 23.8 Å². The Morgan fingerprint density at radius 3 is 1.97 bits per heavy atom. The number of esters is 1. The number of carbonyl (C=O) groups is 2. The Hall–Kier alpha value is -3.48. The van der Waals surface area contributed by atoms with Crippen molar-refractivity contribution in [3.05, 3.63) is 59.7 Å². The zero-order valence-corrected chi connectivity index (χ0v) is 20.5. The van der Waals surface area contributed by atoms with Crippen LogP contribution in [-0.4, -0.2) is 62.0 Å². The molecule has 0 spiro atoms. The van der Waals surface area contributed by atoms with Gasteiger partial charge in [-0.1, -0.05) is 36.4 Å². The summed E-state index contributed by atoms with van der Waals surface area (Å²) in [6.07, 6.45) is 3.84. The predicted molar refractivity (Wildman–Crippen MR) is 134 cm³/mol. The van der Waals surface area contributed by atoms with Crippen LogP contribution in [-0.2, 0) is 14.3 Å². The molecule has 1 fully saturated rings. The highest BCUT2D eigenvalue weighted by atomic mass is 16.6. The van der Waals surface area contributed by atoms with Crippen molar-refractivity contribution in [1.29, 1.82) is 0 Å². The van der Waals surface area contributed by atoms with E-state index in [1.165, 1.54) is 0 Å². The molecule has 7 nitrogen and oxygen atoms in total. The smallest absolute Gasteiger partial charge is 0.410 e. The lowest BCUT2D eigenvalue weighted by molar-refractivity contribution is -0.145. The quantitative estimate of drug-likeness (QED) is 0.429. The molecule has 34 heavy (non-hydrogen) atoms. The van der Waals surface area contributed by atoms with Crippen molar-refractivity contribution in [2.75, 3.05) is 44.3 Å². The fourth-order valence-electron chi connectivity index (χ4n) is 3.48. The molecule has 2 aromatic carbocycles. The minimum atomic E-state index is -0.475. The highest BCUT2D eigenvalue weighted by Crippen LogP contribution is 2.20. The van der Waals surface area contributed by atoms with Gasteiger partial charge in [-0.05, 0) is 63.1 Å². The second kappa shape index (κ2) is 11.6. The van der Waals surface area contributed by atoms with Crippen LogP contribution in [0.25, 0.3) is 12.2 Å². The number of hydrogen-bond donors (Lipinski definition) is 0. The van der Waals surface area contributed by atoms with Crippen LogP contribution in [0, 0.1) is 0 Å². The number of piperazine rings is 1. The first kappa shape index (κ1) is 25.1. The topological polar surface area (TPSA) is 68.3 Å². The van der Waals surface area contributed by atoms with Crippen LogP contribution in [0.3, 0.4) is 0 Å². The monoisotopic (exact) mass is 466 g/mol. The van der Waals surface area contributed by atoms with E-state index in [4.69, 9.17) is 14.2 Å². The molecule has 1 aliphatic heterocycles. The van der Waals surface area contributed by atoms with Crippen LogP contribution < -0.4 is 9.64 Å². The molecule has 0 aromatic heterocycles. The third-order valence-corrected chi connectivity index (χ3v) is 5.20. The second-order valence-electron chi connectivity index (χ2n) is 9.04. The summed E-state index contributed by atoms with van der Waals surface area (Å²) in [5.41, 5.74) is 2.80. The molecule has 0 radical (unpaired) electrons. The maximum absolute atomic E-state index is 12.2. The van der Waals surface area contributed by atoms with Gasteiger partial charge in [0.05, 0.1) is 6.61 Å². The predicted octanol–water partition coefficient (Wildman–Crippen LogP) is 4.86. The van der Waals surface area contributed by atoms with Gasteiger partial charge in [-0.3, -0.25) is 0 Å². The molecule has 3 rings (SSSR count). The molecular weight excluding hydrogens is 432 g/mol. The van der Waals surface area contributed by atoms with E-state index < -0.39 is 5.60 Å². The number of amides is 1. The Balaban J connectivity index is 1.48. The number of carbonyl (C=O) groups excluding carboxylic acids is 2. The Kier molecular flexibility index (Phi) is 8.57. The first-order chi connectivity index (χ1) is 16.2. The van der Waals surface area contributed by atoms with Crippen molar-refractivity contribution >= 4 is 29.9 Å². The Labute approximate surface area is 201 Å². The largest absolute Gasteiger partial charge is 0.482 e. The summed E-state index contributed by atoms with van der Waals surface area (Å²) >= 11 is 0. The third-order valence-electron chi connectivity index (χ3n) is 5.20. The molecular formula is C27H34N2O5. The van der Waals surface area contributed by atoms with E-state index in [1.54, 1.807) is 11.8 Å². The number of benzene rings is 2. The molecule has 0 aliphatic carbocycles. The molecule has 1 amide bonds. The van der Waals surface area contributed by atoms with E-state index in [2.05, 4.69) is 35.2 Å². The number of nitrogens with zero attached hydrogens (tertiary/aromatic N) is 2. The van der Waals surface area contributed by atoms with Crippen LogP contribution in [0.1, 0.15) is 38.8 Å². The first-order valence-electron chi connectivity index (χ1n) is 11.6. The lowest BCUT2D eigenvalue weighted by Crippen LogP contribution is -2.50. The summed E-state index contributed by atoms with van der Waals surface area (Å²) in [6.45, 7) is 10.5. The van der Waals surface area contributed by atoms with E-state index in [9.17, 15) is 9.59 Å². The molecule has 1 saturated heterocycles. The standard InChI is InChI=1S/C27H34N2O5/c1-5-32-25(30)20-33-24-14-10-22(11-15-24)7-6-21-8-12-23(13-9-21)28-16-18-29(19-17-28)26(31)34-27(2,3)4/h6-15H,5,16-20H2,1-4H3/b7-6+. The molecule has 2 aromatic rings. The highest BCUT2D eigenvalue weighted by Gasteiger charge is 2.25. The molecule has 0 saturated carbocycles. The number of hydrogen-bond acceptors (Lipinski definition) is 6. The second-order valence-corrected chi connectivity index (χ2v) is 9.04. The molecule has 0 bridgehead atoms. The van der Waals surface area contributed by atoms with E-state index in [1.807, 2.05) is 51.1 Å². The van der Waals surface area contributed by atoms with Gasteiger partial charge in [0.2, 0.25) is 0 Å².